The van der Waals surface area contributed by atoms with Gasteiger partial charge in [0, 0.05) is 37.9 Å². The molecule has 2 saturated heterocycles. The van der Waals surface area contributed by atoms with Gasteiger partial charge in [-0.05, 0) is 64.6 Å². The maximum atomic E-state index is 13.1. The zero-order valence-corrected chi connectivity index (χ0v) is 27.9. The summed E-state index contributed by atoms with van der Waals surface area (Å²) in [6.07, 6.45) is 6.50. The molecule has 3 aliphatic rings. The number of cyclic esters (lactones) is 1. The lowest BCUT2D eigenvalue weighted by Crippen LogP contribution is -2.45. The molecule has 11 nitrogen and oxygen atoms in total. The van der Waals surface area contributed by atoms with Crippen LogP contribution in [0.2, 0.25) is 0 Å². The maximum absolute atomic E-state index is 13.1. The van der Waals surface area contributed by atoms with Gasteiger partial charge in [-0.15, -0.1) is 0 Å². The van der Waals surface area contributed by atoms with E-state index in [4.69, 9.17) is 14.2 Å². The van der Waals surface area contributed by atoms with Gasteiger partial charge >= 0.3 is 12.1 Å². The van der Waals surface area contributed by atoms with E-state index in [2.05, 4.69) is 5.32 Å². The fraction of sp³-hybridized carbons (Fsp3) is 0.765. The summed E-state index contributed by atoms with van der Waals surface area (Å²) >= 11 is 0. The summed E-state index contributed by atoms with van der Waals surface area (Å²) in [5.41, 5.74) is -1.93. The Morgan fingerprint density at radius 3 is 2.76 bits per heavy atom. The second-order valence-corrected chi connectivity index (χ2v) is 13.6. The van der Waals surface area contributed by atoms with Crippen LogP contribution in [0.1, 0.15) is 80.1 Å². The monoisotopic (exact) mass is 636 g/mol. The molecule has 0 aliphatic carbocycles. The van der Waals surface area contributed by atoms with Crippen molar-refractivity contribution >= 4 is 12.1 Å². The molecule has 256 valence electrons. The van der Waals surface area contributed by atoms with Gasteiger partial charge in [-0.3, -0.25) is 4.79 Å². The van der Waals surface area contributed by atoms with Gasteiger partial charge in [0.25, 0.3) is 0 Å². The van der Waals surface area contributed by atoms with E-state index < -0.39 is 47.7 Å². The topological polar surface area (TPSA) is 161 Å². The van der Waals surface area contributed by atoms with Crippen LogP contribution in [0.3, 0.4) is 0 Å². The predicted octanol–water partition coefficient (Wildman–Crippen LogP) is 3.00. The first-order valence-electron chi connectivity index (χ1n) is 16.5. The second-order valence-electron chi connectivity index (χ2n) is 13.6. The molecule has 1 amide bonds. The SMILES string of the molecule is CCC(O)C(C)C1OC1CC(C)(O)/C=C/C=C(\C)C1OC(=O)CC(O)CCC(C)(O)C(OC(=O)N2CCCNCC2)/C=C/C1C. The lowest BCUT2D eigenvalue weighted by atomic mass is 9.88. The Bertz CT molecular complexity index is 1060. The van der Waals surface area contributed by atoms with E-state index in [0.29, 0.717) is 38.0 Å². The highest BCUT2D eigenvalue weighted by molar-refractivity contribution is 5.70. The molecule has 10 unspecified atom stereocenters. The second kappa shape index (κ2) is 16.5. The molecule has 10 atom stereocenters. The summed E-state index contributed by atoms with van der Waals surface area (Å²) in [5, 5.41) is 46.3. The first-order valence-corrected chi connectivity index (χ1v) is 16.5. The number of allylic oxidation sites excluding steroid dienone is 2. The molecule has 11 heteroatoms. The third-order valence-electron chi connectivity index (χ3n) is 9.19. The van der Waals surface area contributed by atoms with Crippen molar-refractivity contribution < 1.29 is 44.2 Å². The lowest BCUT2D eigenvalue weighted by Gasteiger charge is -2.34. The van der Waals surface area contributed by atoms with Crippen LogP contribution in [0.4, 0.5) is 4.79 Å². The quantitative estimate of drug-likeness (QED) is 0.110. The molecule has 0 aromatic carbocycles. The molecule has 45 heavy (non-hydrogen) atoms. The van der Waals surface area contributed by atoms with Crippen molar-refractivity contribution in [3.05, 3.63) is 36.0 Å². The molecule has 0 aromatic heterocycles. The number of carbonyl (C=O) groups excluding carboxylic acids is 2. The summed E-state index contributed by atoms with van der Waals surface area (Å²) in [6, 6.07) is 0. The third-order valence-corrected chi connectivity index (χ3v) is 9.19. The van der Waals surface area contributed by atoms with Crippen molar-refractivity contribution in [3.8, 4) is 0 Å². The molecule has 3 rings (SSSR count). The molecular formula is C34H56N2O9. The van der Waals surface area contributed by atoms with Gasteiger partial charge in [-0.2, -0.15) is 0 Å². The number of nitrogens with zero attached hydrogens (tertiary/aromatic N) is 1. The number of hydrogen-bond acceptors (Lipinski definition) is 10. The van der Waals surface area contributed by atoms with E-state index in [1.165, 1.54) is 0 Å². The van der Waals surface area contributed by atoms with Crippen LogP contribution < -0.4 is 5.32 Å². The van der Waals surface area contributed by atoms with Crippen molar-refractivity contribution in [3.63, 3.8) is 0 Å². The fourth-order valence-electron chi connectivity index (χ4n) is 6.01. The minimum Gasteiger partial charge on any atom is -0.457 e. The van der Waals surface area contributed by atoms with Crippen LogP contribution in [0.5, 0.6) is 0 Å². The largest absolute Gasteiger partial charge is 0.457 e. The Kier molecular flexibility index (Phi) is 13.6. The van der Waals surface area contributed by atoms with Crippen molar-refractivity contribution in [2.45, 2.75) is 128 Å². The molecular weight excluding hydrogens is 580 g/mol. The lowest BCUT2D eigenvalue weighted by molar-refractivity contribution is -0.151. The number of rotatable bonds is 9. The Morgan fingerprint density at radius 1 is 1.31 bits per heavy atom. The molecule has 0 radical (unpaired) electrons. The molecule has 3 aliphatic heterocycles. The number of hydrogen-bond donors (Lipinski definition) is 5. The predicted molar refractivity (Wildman–Crippen MR) is 170 cm³/mol. The van der Waals surface area contributed by atoms with Crippen LogP contribution in [-0.2, 0) is 19.0 Å². The van der Waals surface area contributed by atoms with Crippen molar-refractivity contribution in [1.82, 2.24) is 10.2 Å². The number of epoxide rings is 1. The highest BCUT2D eigenvalue weighted by Crippen LogP contribution is 2.37. The van der Waals surface area contributed by atoms with Gasteiger partial charge < -0.3 is 44.9 Å². The number of aliphatic hydroxyl groups is 4. The molecule has 0 bridgehead atoms. The number of amides is 1. The smallest absolute Gasteiger partial charge is 0.410 e. The zero-order valence-electron chi connectivity index (χ0n) is 27.9. The van der Waals surface area contributed by atoms with Crippen LogP contribution in [0, 0.1) is 11.8 Å². The van der Waals surface area contributed by atoms with E-state index in [1.54, 1.807) is 49.1 Å². The molecule has 0 saturated carbocycles. The van der Waals surface area contributed by atoms with E-state index in [9.17, 15) is 30.0 Å². The van der Waals surface area contributed by atoms with E-state index in [0.717, 1.165) is 13.0 Å². The van der Waals surface area contributed by atoms with Gasteiger partial charge in [-0.1, -0.05) is 45.1 Å². The van der Waals surface area contributed by atoms with Gasteiger partial charge in [-0.25, -0.2) is 4.79 Å². The van der Waals surface area contributed by atoms with E-state index in [-0.39, 0.29) is 43.3 Å². The summed E-state index contributed by atoms with van der Waals surface area (Å²) < 4.78 is 17.4. The van der Waals surface area contributed by atoms with Gasteiger partial charge in [0.2, 0.25) is 0 Å². The highest BCUT2D eigenvalue weighted by atomic mass is 16.6. The normalized spacial score (nSPS) is 35.6. The minimum absolute atomic E-state index is 0.0100. The van der Waals surface area contributed by atoms with E-state index in [1.807, 2.05) is 27.7 Å². The molecule has 0 aromatic rings. The first kappa shape index (κ1) is 37.2. The number of aliphatic hydroxyl groups excluding tert-OH is 2. The summed E-state index contributed by atoms with van der Waals surface area (Å²) in [6.45, 7) is 13.4. The Labute approximate surface area is 268 Å². The summed E-state index contributed by atoms with van der Waals surface area (Å²) in [7, 11) is 0. The van der Waals surface area contributed by atoms with Crippen LogP contribution in [0.15, 0.2) is 36.0 Å². The number of nitrogens with one attached hydrogen (secondary N) is 1. The van der Waals surface area contributed by atoms with Crippen molar-refractivity contribution in [1.29, 1.82) is 0 Å². The van der Waals surface area contributed by atoms with Crippen LogP contribution in [0.25, 0.3) is 0 Å². The van der Waals surface area contributed by atoms with Gasteiger partial charge in [0.05, 0.1) is 36.4 Å². The first-order chi connectivity index (χ1) is 21.1. The van der Waals surface area contributed by atoms with E-state index >= 15 is 0 Å². The van der Waals surface area contributed by atoms with Gasteiger partial charge in [0.1, 0.15) is 11.7 Å². The molecule has 3 heterocycles. The third kappa shape index (κ3) is 11.5. The number of ether oxygens (including phenoxy) is 3. The molecule has 2 fully saturated rings. The Balaban J connectivity index is 1.75. The highest BCUT2D eigenvalue weighted by Gasteiger charge is 2.47. The average Bonchev–Trinajstić information content (AvgIpc) is 3.78. The molecule has 5 N–H and O–H groups in total. The minimum atomic E-state index is -1.48. The van der Waals surface area contributed by atoms with Crippen LogP contribution in [-0.4, -0.2) is 111 Å². The van der Waals surface area contributed by atoms with Crippen molar-refractivity contribution in [2.24, 2.45) is 11.8 Å². The standard InChI is InChI=1S/C34H56N2O9/c1-7-26(38)24(4)31-27(43-31)21-33(5,41)14-8-10-22(2)30-23(3)11-12-28(44-32(40)36-18-9-16-35-17-19-36)34(6,42)15-13-25(37)20-29(39)45-30/h8,10-12,14,23-28,30-31,35,37-38,41-42H,7,9,13,15-21H2,1-6H3/b12-11+,14-8+,22-10+. The van der Waals surface area contributed by atoms with Crippen molar-refractivity contribution in [2.75, 3.05) is 26.2 Å². The zero-order chi connectivity index (χ0) is 33.4. The number of carbonyl (C=O) groups is 2. The van der Waals surface area contributed by atoms with Gasteiger partial charge in [0.15, 0.2) is 6.10 Å². The van der Waals surface area contributed by atoms with Crippen LogP contribution >= 0.6 is 0 Å². The number of esters is 1. The summed E-state index contributed by atoms with van der Waals surface area (Å²) in [5.74, 6) is -0.943. The molecule has 0 spiro atoms. The Hall–Kier alpha value is -2.28. The Morgan fingerprint density at radius 2 is 2.04 bits per heavy atom. The fourth-order valence-corrected chi connectivity index (χ4v) is 6.01. The average molecular weight is 637 g/mol. The maximum Gasteiger partial charge on any atom is 0.410 e. The summed E-state index contributed by atoms with van der Waals surface area (Å²) in [4.78, 5) is 27.5.